The normalized spacial score (nSPS) is 15.1. The number of rotatable bonds is 4. The van der Waals surface area contributed by atoms with Gasteiger partial charge < -0.3 is 11.1 Å². The van der Waals surface area contributed by atoms with Crippen LogP contribution in [0.4, 0.5) is 5.69 Å². The zero-order chi connectivity index (χ0) is 9.97. The summed E-state index contributed by atoms with van der Waals surface area (Å²) in [6, 6.07) is 3.53. The highest BCUT2D eigenvalue weighted by Gasteiger charge is 2.20. The molecular formula is C10H13N3O. The predicted molar refractivity (Wildman–Crippen MR) is 54.0 cm³/mol. The second kappa shape index (κ2) is 3.65. The summed E-state index contributed by atoms with van der Waals surface area (Å²) in [7, 11) is 0. The SMILES string of the molecule is NC(=O)c1cc(NCC2CC2)ccn1. The average Bonchev–Trinajstić information content (AvgIpc) is 2.99. The third-order valence-electron chi connectivity index (χ3n) is 2.30. The molecule has 14 heavy (non-hydrogen) atoms. The van der Waals surface area contributed by atoms with Crippen LogP contribution in [0, 0.1) is 5.92 Å². The van der Waals surface area contributed by atoms with Crippen molar-refractivity contribution in [1.29, 1.82) is 0 Å². The summed E-state index contributed by atoms with van der Waals surface area (Å²) in [5.74, 6) is 0.320. The lowest BCUT2D eigenvalue weighted by molar-refractivity contribution is 0.0995. The van der Waals surface area contributed by atoms with Crippen molar-refractivity contribution in [3.8, 4) is 0 Å². The fraction of sp³-hybridized carbons (Fsp3) is 0.400. The van der Waals surface area contributed by atoms with Crippen molar-refractivity contribution in [3.05, 3.63) is 24.0 Å². The summed E-state index contributed by atoms with van der Waals surface area (Å²) in [5.41, 5.74) is 6.35. The molecule has 2 rings (SSSR count). The maximum Gasteiger partial charge on any atom is 0.267 e. The Morgan fingerprint density at radius 3 is 3.07 bits per heavy atom. The van der Waals surface area contributed by atoms with E-state index in [2.05, 4.69) is 10.3 Å². The van der Waals surface area contributed by atoms with E-state index in [-0.39, 0.29) is 0 Å². The minimum Gasteiger partial charge on any atom is -0.385 e. The Hall–Kier alpha value is -1.58. The largest absolute Gasteiger partial charge is 0.385 e. The zero-order valence-electron chi connectivity index (χ0n) is 7.86. The smallest absolute Gasteiger partial charge is 0.267 e. The summed E-state index contributed by atoms with van der Waals surface area (Å²) < 4.78 is 0. The number of carbonyl (C=O) groups is 1. The highest BCUT2D eigenvalue weighted by atomic mass is 16.1. The molecule has 0 aliphatic heterocycles. The predicted octanol–water partition coefficient (Wildman–Crippen LogP) is 1.00. The monoisotopic (exact) mass is 191 g/mol. The lowest BCUT2D eigenvalue weighted by Gasteiger charge is -2.05. The standard InChI is InChI=1S/C10H13N3O/c11-10(14)9-5-8(3-4-12-9)13-6-7-1-2-7/h3-5,7H,1-2,6H2,(H2,11,14)(H,12,13). The van der Waals surface area contributed by atoms with Gasteiger partial charge in [-0.3, -0.25) is 9.78 Å². The lowest BCUT2D eigenvalue weighted by atomic mass is 10.3. The first-order valence-corrected chi connectivity index (χ1v) is 4.75. The van der Waals surface area contributed by atoms with Gasteiger partial charge in [0.1, 0.15) is 5.69 Å². The van der Waals surface area contributed by atoms with Gasteiger partial charge in [0.25, 0.3) is 5.91 Å². The molecule has 4 nitrogen and oxygen atoms in total. The summed E-state index contributed by atoms with van der Waals surface area (Å²) in [5, 5.41) is 3.25. The first kappa shape index (κ1) is 8.99. The molecule has 1 aromatic rings. The maximum absolute atomic E-state index is 10.8. The van der Waals surface area contributed by atoms with Gasteiger partial charge in [0.05, 0.1) is 0 Å². The van der Waals surface area contributed by atoms with Crippen molar-refractivity contribution in [3.63, 3.8) is 0 Å². The molecule has 1 aliphatic rings. The number of pyridine rings is 1. The van der Waals surface area contributed by atoms with Crippen LogP contribution in [0.15, 0.2) is 18.3 Å². The molecule has 74 valence electrons. The van der Waals surface area contributed by atoms with E-state index >= 15 is 0 Å². The summed E-state index contributed by atoms with van der Waals surface area (Å²) in [6.45, 7) is 0.974. The number of aromatic nitrogens is 1. The van der Waals surface area contributed by atoms with Gasteiger partial charge in [0, 0.05) is 18.4 Å². The number of nitrogens with zero attached hydrogens (tertiary/aromatic N) is 1. The van der Waals surface area contributed by atoms with Crippen LogP contribution in [0.25, 0.3) is 0 Å². The van der Waals surface area contributed by atoms with Crippen LogP contribution >= 0.6 is 0 Å². The molecule has 0 atom stereocenters. The Morgan fingerprint density at radius 2 is 2.43 bits per heavy atom. The van der Waals surface area contributed by atoms with Crippen LogP contribution in [0.1, 0.15) is 23.3 Å². The molecule has 1 amide bonds. The summed E-state index contributed by atoms with van der Waals surface area (Å²) in [4.78, 5) is 14.7. The molecule has 1 heterocycles. The third kappa shape index (κ3) is 2.22. The third-order valence-corrected chi connectivity index (χ3v) is 2.30. The first-order valence-electron chi connectivity index (χ1n) is 4.75. The number of hydrogen-bond donors (Lipinski definition) is 2. The van der Waals surface area contributed by atoms with Crippen LogP contribution in [-0.4, -0.2) is 17.4 Å². The van der Waals surface area contributed by atoms with E-state index in [1.54, 1.807) is 12.3 Å². The van der Waals surface area contributed by atoms with Gasteiger partial charge in [-0.1, -0.05) is 0 Å². The zero-order valence-corrected chi connectivity index (χ0v) is 7.86. The molecule has 0 bridgehead atoms. The van der Waals surface area contributed by atoms with Gasteiger partial charge in [-0.25, -0.2) is 0 Å². The van der Waals surface area contributed by atoms with Gasteiger partial charge in [0.2, 0.25) is 0 Å². The van der Waals surface area contributed by atoms with Crippen molar-refractivity contribution in [2.75, 3.05) is 11.9 Å². The van der Waals surface area contributed by atoms with E-state index in [0.717, 1.165) is 18.2 Å². The Kier molecular flexibility index (Phi) is 2.35. The molecule has 1 saturated carbocycles. The van der Waals surface area contributed by atoms with Crippen molar-refractivity contribution in [2.24, 2.45) is 11.7 Å². The fourth-order valence-electron chi connectivity index (χ4n) is 1.26. The van der Waals surface area contributed by atoms with Gasteiger partial charge in [-0.15, -0.1) is 0 Å². The van der Waals surface area contributed by atoms with Crippen molar-refractivity contribution in [1.82, 2.24) is 4.98 Å². The van der Waals surface area contributed by atoms with E-state index in [4.69, 9.17) is 5.73 Å². The molecule has 1 fully saturated rings. The van der Waals surface area contributed by atoms with Crippen LogP contribution in [-0.2, 0) is 0 Å². The van der Waals surface area contributed by atoms with Crippen molar-refractivity contribution >= 4 is 11.6 Å². The topological polar surface area (TPSA) is 68.0 Å². The Labute approximate surface area is 82.5 Å². The molecule has 1 aromatic heterocycles. The fourth-order valence-corrected chi connectivity index (χ4v) is 1.26. The Bertz CT molecular complexity index is 347. The molecule has 0 saturated heterocycles. The van der Waals surface area contributed by atoms with Gasteiger partial charge in [-0.2, -0.15) is 0 Å². The number of nitrogens with one attached hydrogen (secondary N) is 1. The molecule has 0 aromatic carbocycles. The second-order valence-electron chi connectivity index (χ2n) is 3.62. The molecule has 4 heteroatoms. The van der Waals surface area contributed by atoms with Crippen LogP contribution in [0.3, 0.4) is 0 Å². The van der Waals surface area contributed by atoms with Gasteiger partial charge in [0.15, 0.2) is 0 Å². The average molecular weight is 191 g/mol. The number of amides is 1. The minimum absolute atomic E-state index is 0.311. The van der Waals surface area contributed by atoms with Crippen LogP contribution < -0.4 is 11.1 Å². The van der Waals surface area contributed by atoms with E-state index in [9.17, 15) is 4.79 Å². The molecule has 1 aliphatic carbocycles. The second-order valence-corrected chi connectivity index (χ2v) is 3.62. The Balaban J connectivity index is 2.01. The number of hydrogen-bond acceptors (Lipinski definition) is 3. The number of carbonyl (C=O) groups excluding carboxylic acids is 1. The van der Waals surface area contributed by atoms with E-state index in [1.807, 2.05) is 6.07 Å². The maximum atomic E-state index is 10.8. The minimum atomic E-state index is -0.486. The molecule has 0 spiro atoms. The molecule has 0 radical (unpaired) electrons. The summed E-state index contributed by atoms with van der Waals surface area (Å²) >= 11 is 0. The van der Waals surface area contributed by atoms with Crippen molar-refractivity contribution < 1.29 is 4.79 Å². The highest BCUT2D eigenvalue weighted by Crippen LogP contribution is 2.28. The number of nitrogens with two attached hydrogens (primary N) is 1. The molecule has 0 unspecified atom stereocenters. The van der Waals surface area contributed by atoms with Gasteiger partial charge in [-0.05, 0) is 30.9 Å². The van der Waals surface area contributed by atoms with Crippen molar-refractivity contribution in [2.45, 2.75) is 12.8 Å². The van der Waals surface area contributed by atoms with Crippen LogP contribution in [0.5, 0.6) is 0 Å². The lowest BCUT2D eigenvalue weighted by Crippen LogP contribution is -2.13. The summed E-state index contributed by atoms with van der Waals surface area (Å²) in [6.07, 6.45) is 4.21. The highest BCUT2D eigenvalue weighted by molar-refractivity contribution is 5.91. The van der Waals surface area contributed by atoms with Crippen LogP contribution in [0.2, 0.25) is 0 Å². The molecular weight excluding hydrogens is 178 g/mol. The van der Waals surface area contributed by atoms with E-state index in [0.29, 0.717) is 5.69 Å². The number of anilines is 1. The first-order chi connectivity index (χ1) is 6.75. The quantitative estimate of drug-likeness (QED) is 0.746. The van der Waals surface area contributed by atoms with Gasteiger partial charge >= 0.3 is 0 Å². The molecule has 3 N–H and O–H groups in total. The Morgan fingerprint density at radius 1 is 1.64 bits per heavy atom. The number of primary amides is 1. The van der Waals surface area contributed by atoms with E-state index < -0.39 is 5.91 Å². The van der Waals surface area contributed by atoms with E-state index in [1.165, 1.54) is 12.8 Å².